The molecule has 3 aromatic rings. The summed E-state index contributed by atoms with van der Waals surface area (Å²) in [6, 6.07) is 11.6. The smallest absolute Gasteiger partial charge is 0.271 e. The van der Waals surface area contributed by atoms with Crippen LogP contribution in [0.1, 0.15) is 28.2 Å². The van der Waals surface area contributed by atoms with Crippen LogP contribution in [0.25, 0.3) is 5.69 Å². The van der Waals surface area contributed by atoms with Gasteiger partial charge in [0.25, 0.3) is 5.91 Å². The second-order valence-electron chi connectivity index (χ2n) is 5.87. The molecule has 134 valence electrons. The number of para-hydroxylation sites is 1. The summed E-state index contributed by atoms with van der Waals surface area (Å²) in [5.74, 6) is -0.653. The van der Waals surface area contributed by atoms with Crippen LogP contribution in [0.15, 0.2) is 49.1 Å². The van der Waals surface area contributed by atoms with Gasteiger partial charge in [-0.15, -0.1) is 0 Å². The van der Waals surface area contributed by atoms with E-state index in [0.717, 1.165) is 17.1 Å². The van der Waals surface area contributed by atoms with Crippen LogP contribution in [0.5, 0.6) is 0 Å². The van der Waals surface area contributed by atoms with Gasteiger partial charge in [-0.3, -0.25) is 25.1 Å². The molecule has 0 saturated carbocycles. The average Bonchev–Trinajstić information content (AvgIpc) is 3.26. The normalized spacial score (nSPS) is 10.5. The van der Waals surface area contributed by atoms with Gasteiger partial charge in [-0.2, -0.15) is 5.10 Å². The molecule has 0 unspecified atom stereocenters. The highest BCUT2D eigenvalue weighted by Gasteiger charge is 2.17. The maximum atomic E-state index is 12.4. The maximum Gasteiger partial charge on any atom is 0.271 e. The van der Waals surface area contributed by atoms with Crippen LogP contribution < -0.4 is 10.9 Å². The van der Waals surface area contributed by atoms with Gasteiger partial charge in [-0.25, -0.2) is 4.98 Å². The molecule has 0 aliphatic heterocycles. The zero-order valence-corrected chi connectivity index (χ0v) is 14.6. The molecular formula is C18H20N6O2. The third-order valence-corrected chi connectivity index (χ3v) is 4.04. The van der Waals surface area contributed by atoms with Crippen molar-refractivity contribution < 1.29 is 9.59 Å². The van der Waals surface area contributed by atoms with E-state index in [2.05, 4.69) is 20.9 Å². The number of nitrogens with one attached hydrogen (secondary N) is 2. The maximum absolute atomic E-state index is 12.4. The Kier molecular flexibility index (Phi) is 5.12. The van der Waals surface area contributed by atoms with Crippen molar-refractivity contribution in [2.75, 3.05) is 0 Å². The first kappa shape index (κ1) is 17.4. The summed E-state index contributed by atoms with van der Waals surface area (Å²) in [6.45, 7) is 4.21. The van der Waals surface area contributed by atoms with Crippen LogP contribution in [0, 0.1) is 13.8 Å². The van der Waals surface area contributed by atoms with Gasteiger partial charge < -0.3 is 4.57 Å². The number of hydrazine groups is 1. The number of aromatic nitrogens is 4. The molecule has 2 amide bonds. The number of rotatable bonds is 5. The summed E-state index contributed by atoms with van der Waals surface area (Å²) in [5, 5.41) is 3.92. The molecule has 0 aliphatic rings. The number of carbonyl (C=O) groups is 2. The number of hydrogen-bond donors (Lipinski definition) is 2. The standard InChI is InChI=1S/C18H20N6O2/c1-13-10-16(14(2)24(13)15-6-4-3-5-7-15)18(26)22-21-17(25)8-9-23-12-19-11-20-23/h3-7,10-12H,8-9H2,1-2H3,(H,21,25)(H,22,26). The Labute approximate surface area is 150 Å². The average molecular weight is 352 g/mol. The molecule has 8 nitrogen and oxygen atoms in total. The van der Waals surface area contributed by atoms with Crippen LogP contribution >= 0.6 is 0 Å². The van der Waals surface area contributed by atoms with Crippen molar-refractivity contribution in [3.8, 4) is 5.69 Å². The summed E-state index contributed by atoms with van der Waals surface area (Å²) in [5.41, 5.74) is 8.15. The van der Waals surface area contributed by atoms with Crippen molar-refractivity contribution in [1.82, 2.24) is 30.2 Å². The minimum absolute atomic E-state index is 0.187. The zero-order chi connectivity index (χ0) is 18.5. The predicted octanol–water partition coefficient (Wildman–Crippen LogP) is 1.54. The third kappa shape index (κ3) is 3.80. The van der Waals surface area contributed by atoms with E-state index in [4.69, 9.17) is 0 Å². The monoisotopic (exact) mass is 352 g/mol. The second-order valence-corrected chi connectivity index (χ2v) is 5.87. The summed E-state index contributed by atoms with van der Waals surface area (Å²) in [7, 11) is 0. The molecular weight excluding hydrogens is 332 g/mol. The van der Waals surface area contributed by atoms with Crippen LogP contribution in [-0.4, -0.2) is 31.1 Å². The van der Waals surface area contributed by atoms with Crippen LogP contribution in [0.4, 0.5) is 0 Å². The first-order chi connectivity index (χ1) is 12.6. The third-order valence-electron chi connectivity index (χ3n) is 4.04. The Morgan fingerprint density at radius 2 is 1.88 bits per heavy atom. The molecule has 2 N–H and O–H groups in total. The first-order valence-electron chi connectivity index (χ1n) is 8.22. The van der Waals surface area contributed by atoms with Gasteiger partial charge in [-0.1, -0.05) is 18.2 Å². The van der Waals surface area contributed by atoms with E-state index in [-0.39, 0.29) is 18.2 Å². The Balaban J connectivity index is 1.62. The molecule has 0 fully saturated rings. The predicted molar refractivity (Wildman–Crippen MR) is 95.5 cm³/mol. The first-order valence-corrected chi connectivity index (χ1v) is 8.22. The lowest BCUT2D eigenvalue weighted by atomic mass is 10.2. The van der Waals surface area contributed by atoms with E-state index < -0.39 is 0 Å². The Morgan fingerprint density at radius 3 is 2.58 bits per heavy atom. The highest BCUT2D eigenvalue weighted by atomic mass is 16.2. The Morgan fingerprint density at radius 1 is 1.12 bits per heavy atom. The van der Waals surface area contributed by atoms with Crippen molar-refractivity contribution >= 4 is 11.8 Å². The SMILES string of the molecule is Cc1cc(C(=O)NNC(=O)CCn2cncn2)c(C)n1-c1ccccc1. The largest absolute Gasteiger partial charge is 0.318 e. The highest BCUT2D eigenvalue weighted by molar-refractivity contribution is 5.96. The van der Waals surface area contributed by atoms with Gasteiger partial charge >= 0.3 is 0 Å². The van der Waals surface area contributed by atoms with Gasteiger partial charge in [0.1, 0.15) is 12.7 Å². The van der Waals surface area contributed by atoms with E-state index in [9.17, 15) is 9.59 Å². The fourth-order valence-electron chi connectivity index (χ4n) is 2.79. The molecule has 1 aromatic carbocycles. The van der Waals surface area contributed by atoms with E-state index in [1.165, 1.54) is 12.7 Å². The molecule has 0 radical (unpaired) electrons. The molecule has 2 aromatic heterocycles. The molecule has 26 heavy (non-hydrogen) atoms. The van der Waals surface area contributed by atoms with E-state index in [1.807, 2.05) is 48.7 Å². The van der Waals surface area contributed by atoms with Crippen LogP contribution in [-0.2, 0) is 11.3 Å². The molecule has 0 bridgehead atoms. The summed E-state index contributed by atoms with van der Waals surface area (Å²) in [4.78, 5) is 28.1. The fraction of sp³-hybridized carbons (Fsp3) is 0.222. The van der Waals surface area contributed by atoms with Crippen LogP contribution in [0.2, 0.25) is 0 Å². The van der Waals surface area contributed by atoms with Crippen molar-refractivity contribution in [2.24, 2.45) is 0 Å². The molecule has 3 rings (SSSR count). The lowest BCUT2D eigenvalue weighted by Crippen LogP contribution is -2.42. The minimum atomic E-state index is -0.352. The number of benzene rings is 1. The number of carbonyl (C=O) groups excluding carboxylic acids is 2. The van der Waals surface area contributed by atoms with Crippen molar-refractivity contribution in [1.29, 1.82) is 0 Å². The minimum Gasteiger partial charge on any atom is -0.318 e. The second kappa shape index (κ2) is 7.64. The summed E-state index contributed by atoms with van der Waals surface area (Å²) >= 11 is 0. The van der Waals surface area contributed by atoms with Gasteiger partial charge in [0.15, 0.2) is 0 Å². The summed E-state index contributed by atoms with van der Waals surface area (Å²) in [6.07, 6.45) is 3.12. The van der Waals surface area contributed by atoms with Gasteiger partial charge in [0.2, 0.25) is 5.91 Å². The van der Waals surface area contributed by atoms with E-state index in [0.29, 0.717) is 12.1 Å². The zero-order valence-electron chi connectivity index (χ0n) is 14.6. The number of hydrogen-bond acceptors (Lipinski definition) is 4. The number of amides is 2. The van der Waals surface area contributed by atoms with Crippen LogP contribution in [0.3, 0.4) is 0 Å². The summed E-state index contributed by atoms with van der Waals surface area (Å²) < 4.78 is 3.55. The van der Waals surface area contributed by atoms with E-state index in [1.54, 1.807) is 10.7 Å². The molecule has 2 heterocycles. The van der Waals surface area contributed by atoms with E-state index >= 15 is 0 Å². The topological polar surface area (TPSA) is 93.8 Å². The Bertz CT molecular complexity index is 899. The lowest BCUT2D eigenvalue weighted by molar-refractivity contribution is -0.122. The quantitative estimate of drug-likeness (QED) is 0.681. The van der Waals surface area contributed by atoms with Gasteiger partial charge in [0.05, 0.1) is 12.1 Å². The van der Waals surface area contributed by atoms with Crippen molar-refractivity contribution in [3.05, 3.63) is 66.0 Å². The van der Waals surface area contributed by atoms with Gasteiger partial charge in [0, 0.05) is 23.5 Å². The van der Waals surface area contributed by atoms with Gasteiger partial charge in [-0.05, 0) is 32.0 Å². The molecule has 0 spiro atoms. The molecule has 0 atom stereocenters. The Hall–Kier alpha value is -3.42. The fourth-order valence-corrected chi connectivity index (χ4v) is 2.79. The molecule has 8 heteroatoms. The van der Waals surface area contributed by atoms with Crippen molar-refractivity contribution in [3.63, 3.8) is 0 Å². The van der Waals surface area contributed by atoms with Crippen molar-refractivity contribution in [2.45, 2.75) is 26.8 Å². The highest BCUT2D eigenvalue weighted by Crippen LogP contribution is 2.20. The lowest BCUT2D eigenvalue weighted by Gasteiger charge is -2.10. The molecule has 0 aliphatic carbocycles. The number of aryl methyl sites for hydroxylation is 2. The molecule has 0 saturated heterocycles. The number of nitrogens with zero attached hydrogens (tertiary/aromatic N) is 4.